The Morgan fingerprint density at radius 1 is 1.39 bits per heavy atom. The highest BCUT2D eigenvalue weighted by molar-refractivity contribution is 14.0. The van der Waals surface area contributed by atoms with Crippen LogP contribution in [0.15, 0.2) is 29.3 Å². The standard InChI is InChI=1S/C21H34N4O2.HI/c1-5-16(2)24-20(26)19-8-6-7-18(13-19)14-23-21(22-3)25(4)11-12-27-15-17-9-10-17;/h6-8,13,16-17H,5,9-12,14-15H2,1-4H3,(H,22,23)(H,24,26);1H. The van der Waals surface area contributed by atoms with Crippen LogP contribution in [0.4, 0.5) is 0 Å². The fourth-order valence-electron chi connectivity index (χ4n) is 2.64. The predicted octanol–water partition coefficient (Wildman–Crippen LogP) is 3.27. The van der Waals surface area contributed by atoms with E-state index in [2.05, 4.69) is 27.4 Å². The molecular weight excluding hydrogens is 467 g/mol. The molecule has 0 saturated heterocycles. The Bertz CT molecular complexity index is 635. The fourth-order valence-corrected chi connectivity index (χ4v) is 2.64. The zero-order valence-corrected chi connectivity index (χ0v) is 19.9. The van der Waals surface area contributed by atoms with Gasteiger partial charge in [-0.2, -0.15) is 0 Å². The number of nitrogens with one attached hydrogen (secondary N) is 2. The molecule has 28 heavy (non-hydrogen) atoms. The highest BCUT2D eigenvalue weighted by Gasteiger charge is 2.21. The topological polar surface area (TPSA) is 66.0 Å². The van der Waals surface area contributed by atoms with E-state index in [1.165, 1.54) is 12.8 Å². The second kappa shape index (κ2) is 13.0. The van der Waals surface area contributed by atoms with Gasteiger partial charge in [0.15, 0.2) is 5.96 Å². The molecule has 0 aliphatic heterocycles. The first kappa shape index (κ1) is 24.7. The zero-order chi connectivity index (χ0) is 19.6. The number of benzene rings is 1. The molecule has 0 bridgehead atoms. The van der Waals surface area contributed by atoms with Gasteiger partial charge in [0, 0.05) is 45.4 Å². The van der Waals surface area contributed by atoms with Crippen LogP contribution in [0.1, 0.15) is 49.0 Å². The van der Waals surface area contributed by atoms with Crippen LogP contribution in [0, 0.1) is 5.92 Å². The average Bonchev–Trinajstić information content (AvgIpc) is 3.50. The number of hydrogen-bond donors (Lipinski definition) is 2. The Balaban J connectivity index is 0.00000392. The minimum Gasteiger partial charge on any atom is -0.379 e. The van der Waals surface area contributed by atoms with Crippen molar-refractivity contribution in [2.75, 3.05) is 33.9 Å². The van der Waals surface area contributed by atoms with Crippen LogP contribution in [-0.2, 0) is 11.3 Å². The molecule has 1 atom stereocenters. The molecule has 6 nitrogen and oxygen atoms in total. The smallest absolute Gasteiger partial charge is 0.251 e. The Hall–Kier alpha value is -1.35. The summed E-state index contributed by atoms with van der Waals surface area (Å²) in [4.78, 5) is 18.7. The first-order chi connectivity index (χ1) is 13.0. The Kier molecular flexibility index (Phi) is 11.4. The lowest BCUT2D eigenvalue weighted by atomic mass is 10.1. The summed E-state index contributed by atoms with van der Waals surface area (Å²) >= 11 is 0. The molecular formula is C21H35IN4O2. The minimum absolute atomic E-state index is 0. The lowest BCUT2D eigenvalue weighted by molar-refractivity contribution is 0.0939. The van der Waals surface area contributed by atoms with E-state index in [9.17, 15) is 4.79 Å². The lowest BCUT2D eigenvalue weighted by Gasteiger charge is -2.22. The summed E-state index contributed by atoms with van der Waals surface area (Å²) in [5.74, 6) is 1.58. The van der Waals surface area contributed by atoms with Crippen LogP contribution in [0.25, 0.3) is 0 Å². The monoisotopic (exact) mass is 502 g/mol. The van der Waals surface area contributed by atoms with Crippen molar-refractivity contribution in [3.8, 4) is 0 Å². The van der Waals surface area contributed by atoms with Crippen molar-refractivity contribution >= 4 is 35.8 Å². The van der Waals surface area contributed by atoms with Crippen molar-refractivity contribution in [3.63, 3.8) is 0 Å². The Morgan fingerprint density at radius 3 is 2.79 bits per heavy atom. The normalized spacial score (nSPS) is 14.8. The van der Waals surface area contributed by atoms with Crippen LogP contribution < -0.4 is 10.6 Å². The van der Waals surface area contributed by atoms with E-state index < -0.39 is 0 Å². The van der Waals surface area contributed by atoms with Gasteiger partial charge < -0.3 is 20.3 Å². The number of halogens is 1. The maximum atomic E-state index is 12.3. The molecule has 1 aromatic carbocycles. The van der Waals surface area contributed by atoms with E-state index in [4.69, 9.17) is 4.74 Å². The van der Waals surface area contributed by atoms with Crippen molar-refractivity contribution in [2.24, 2.45) is 10.9 Å². The van der Waals surface area contributed by atoms with Gasteiger partial charge in [0.05, 0.1) is 6.61 Å². The highest BCUT2D eigenvalue weighted by atomic mass is 127. The van der Waals surface area contributed by atoms with E-state index in [1.807, 2.05) is 38.2 Å². The molecule has 1 saturated carbocycles. The van der Waals surface area contributed by atoms with Gasteiger partial charge in [-0.1, -0.05) is 19.1 Å². The van der Waals surface area contributed by atoms with Crippen molar-refractivity contribution in [1.82, 2.24) is 15.5 Å². The van der Waals surface area contributed by atoms with Crippen LogP contribution in [0.3, 0.4) is 0 Å². The van der Waals surface area contributed by atoms with Gasteiger partial charge in [0.2, 0.25) is 0 Å². The summed E-state index contributed by atoms with van der Waals surface area (Å²) in [7, 11) is 3.78. The van der Waals surface area contributed by atoms with E-state index in [1.54, 1.807) is 7.05 Å². The largest absolute Gasteiger partial charge is 0.379 e. The molecule has 1 aromatic rings. The summed E-state index contributed by atoms with van der Waals surface area (Å²) in [6.45, 7) is 7.07. The van der Waals surface area contributed by atoms with Crippen molar-refractivity contribution < 1.29 is 9.53 Å². The third-order valence-corrected chi connectivity index (χ3v) is 4.82. The van der Waals surface area contributed by atoms with Crippen LogP contribution >= 0.6 is 24.0 Å². The number of nitrogens with zero attached hydrogens (tertiary/aromatic N) is 2. The van der Waals surface area contributed by atoms with E-state index >= 15 is 0 Å². The number of aliphatic imine (C=N–C) groups is 1. The summed E-state index contributed by atoms with van der Waals surface area (Å²) in [6, 6.07) is 7.88. The van der Waals surface area contributed by atoms with Gasteiger partial charge in [0.25, 0.3) is 5.91 Å². The fraction of sp³-hybridized carbons (Fsp3) is 0.619. The van der Waals surface area contributed by atoms with Crippen molar-refractivity contribution in [1.29, 1.82) is 0 Å². The highest BCUT2D eigenvalue weighted by Crippen LogP contribution is 2.28. The molecule has 1 aliphatic carbocycles. The molecule has 0 spiro atoms. The van der Waals surface area contributed by atoms with E-state index in [0.717, 1.165) is 37.0 Å². The zero-order valence-electron chi connectivity index (χ0n) is 17.5. The molecule has 0 radical (unpaired) electrons. The first-order valence-electron chi connectivity index (χ1n) is 9.92. The first-order valence-corrected chi connectivity index (χ1v) is 9.92. The predicted molar refractivity (Wildman–Crippen MR) is 125 cm³/mol. The number of guanidine groups is 1. The molecule has 1 fully saturated rings. The molecule has 7 heteroatoms. The van der Waals surface area contributed by atoms with E-state index in [0.29, 0.717) is 18.7 Å². The van der Waals surface area contributed by atoms with Crippen LogP contribution in [-0.4, -0.2) is 56.7 Å². The number of ether oxygens (including phenoxy) is 1. The van der Waals surface area contributed by atoms with Crippen molar-refractivity contribution in [2.45, 2.75) is 45.7 Å². The van der Waals surface area contributed by atoms with Crippen LogP contribution in [0.2, 0.25) is 0 Å². The number of rotatable bonds is 10. The van der Waals surface area contributed by atoms with Gasteiger partial charge in [-0.25, -0.2) is 0 Å². The van der Waals surface area contributed by atoms with Gasteiger partial charge in [-0.3, -0.25) is 9.79 Å². The molecule has 1 aliphatic rings. The maximum Gasteiger partial charge on any atom is 0.251 e. The Morgan fingerprint density at radius 2 is 2.14 bits per heavy atom. The van der Waals surface area contributed by atoms with Crippen LogP contribution in [0.5, 0.6) is 0 Å². The second-order valence-corrected chi connectivity index (χ2v) is 7.32. The van der Waals surface area contributed by atoms with Gasteiger partial charge in [0.1, 0.15) is 0 Å². The summed E-state index contributed by atoms with van der Waals surface area (Å²) < 4.78 is 5.70. The molecule has 0 heterocycles. The second-order valence-electron chi connectivity index (χ2n) is 7.32. The number of carbonyl (C=O) groups excluding carboxylic acids is 1. The van der Waals surface area contributed by atoms with Crippen molar-refractivity contribution in [3.05, 3.63) is 35.4 Å². The lowest BCUT2D eigenvalue weighted by Crippen LogP contribution is -2.40. The third kappa shape index (κ3) is 8.77. The molecule has 2 N–H and O–H groups in total. The minimum atomic E-state index is -0.0273. The number of hydrogen-bond acceptors (Lipinski definition) is 3. The summed E-state index contributed by atoms with van der Waals surface area (Å²) in [6.07, 6.45) is 3.54. The van der Waals surface area contributed by atoms with Gasteiger partial charge in [-0.15, -0.1) is 24.0 Å². The number of likely N-dealkylation sites (N-methyl/N-ethyl adjacent to an activating group) is 1. The molecule has 158 valence electrons. The third-order valence-electron chi connectivity index (χ3n) is 4.82. The molecule has 2 rings (SSSR count). The van der Waals surface area contributed by atoms with Gasteiger partial charge in [-0.05, 0) is 49.8 Å². The summed E-state index contributed by atoms with van der Waals surface area (Å²) in [5.41, 5.74) is 1.73. The SMILES string of the molecule is CCC(C)NC(=O)c1cccc(CNC(=NC)N(C)CCOCC2CC2)c1.I. The Labute approximate surface area is 186 Å². The maximum absolute atomic E-state index is 12.3. The van der Waals surface area contributed by atoms with E-state index in [-0.39, 0.29) is 35.9 Å². The molecule has 0 aromatic heterocycles. The number of amides is 1. The average molecular weight is 502 g/mol. The quantitative estimate of drug-likeness (QED) is 0.223. The van der Waals surface area contributed by atoms with Gasteiger partial charge >= 0.3 is 0 Å². The number of carbonyl (C=O) groups is 1. The summed E-state index contributed by atoms with van der Waals surface area (Å²) in [5, 5.41) is 6.36. The molecule has 1 amide bonds. The molecule has 1 unspecified atom stereocenters.